The van der Waals surface area contributed by atoms with Crippen molar-refractivity contribution in [2.45, 2.75) is 8.31 Å². The Bertz CT molecular complexity index is 767. The third-order valence-corrected chi connectivity index (χ3v) is 4.62. The first-order valence-corrected chi connectivity index (χ1v) is 10.2. The van der Waals surface area contributed by atoms with Crippen molar-refractivity contribution in [3.8, 4) is 0 Å². The fourth-order valence-corrected chi connectivity index (χ4v) is 2.76. The molecule has 1 aromatic carbocycles. The number of carbonyl (C=O) groups excluding carboxylic acids is 1. The molecule has 1 aromatic heterocycles. The van der Waals surface area contributed by atoms with Gasteiger partial charge in [-0.25, -0.2) is 4.98 Å². The Hall–Kier alpha value is -1.29. The number of carbonyl (C=O) groups is 1. The molecule has 0 saturated heterocycles. The summed E-state index contributed by atoms with van der Waals surface area (Å²) in [7, 11) is 0. The Morgan fingerprint density at radius 3 is 2.38 bits per heavy atom. The van der Waals surface area contributed by atoms with Crippen molar-refractivity contribution in [1.82, 2.24) is 15.6 Å². The zero-order valence-electron chi connectivity index (χ0n) is 13.3. The summed E-state index contributed by atoms with van der Waals surface area (Å²) < 4.78 is -0.806. The van der Waals surface area contributed by atoms with Crippen LogP contribution in [0.15, 0.2) is 60.8 Å². The van der Waals surface area contributed by atoms with Gasteiger partial charge in [-0.05, 0) is 36.0 Å². The number of alkyl halides is 3. The predicted octanol–water partition coefficient (Wildman–Crippen LogP) is 4.36. The predicted molar refractivity (Wildman–Crippen MR) is 121 cm³/mol. The van der Waals surface area contributed by atoms with Gasteiger partial charge in [0.15, 0.2) is 7.26 Å². The van der Waals surface area contributed by atoms with E-state index in [4.69, 9.17) is 12.2 Å². The number of nitrogens with one attached hydrogen (secondary N) is 3. The lowest BCUT2D eigenvalue weighted by Gasteiger charge is -2.28. The van der Waals surface area contributed by atoms with Crippen LogP contribution in [0.3, 0.4) is 0 Å². The van der Waals surface area contributed by atoms with Gasteiger partial charge in [0.05, 0.1) is 0 Å². The van der Waals surface area contributed by atoms with Crippen molar-refractivity contribution in [3.05, 3.63) is 66.4 Å². The zero-order valence-corrected chi connectivity index (χ0v) is 18.9. The van der Waals surface area contributed by atoms with Crippen LogP contribution in [0.25, 0.3) is 6.08 Å². The van der Waals surface area contributed by atoms with Gasteiger partial charge in [0.1, 0.15) is 12.0 Å². The van der Waals surface area contributed by atoms with Crippen LogP contribution in [-0.4, -0.2) is 24.3 Å². The lowest BCUT2D eigenvalue weighted by molar-refractivity contribution is -0.117. The second kappa shape index (κ2) is 10.1. The maximum absolute atomic E-state index is 12.2. The molecule has 1 unspecified atom stereocenters. The quantitative estimate of drug-likeness (QED) is 0.219. The normalized spacial score (nSPS) is 12.4. The van der Waals surface area contributed by atoms with Crippen molar-refractivity contribution in [1.29, 1.82) is 0 Å². The smallest absolute Gasteiger partial charge is 0.245 e. The highest BCUT2D eigenvalue weighted by Gasteiger charge is 2.32. The fourth-order valence-electron chi connectivity index (χ4n) is 1.85. The zero-order chi connectivity index (χ0) is 19.0. The van der Waals surface area contributed by atoms with Crippen LogP contribution in [0.1, 0.15) is 5.56 Å². The van der Waals surface area contributed by atoms with Crippen LogP contribution in [-0.2, 0) is 4.79 Å². The third kappa shape index (κ3) is 7.53. The summed E-state index contributed by atoms with van der Waals surface area (Å²) in [5.74, 6) is 0.318. The number of thiocarbonyl (C=S) groups is 1. The van der Waals surface area contributed by atoms with Crippen LogP contribution in [0.5, 0.6) is 0 Å². The third-order valence-electron chi connectivity index (χ3n) is 3.02. The van der Waals surface area contributed by atoms with E-state index in [2.05, 4.69) is 68.7 Å². The molecule has 136 valence electrons. The van der Waals surface area contributed by atoms with Crippen molar-refractivity contribution < 1.29 is 4.79 Å². The average molecular weight is 563 g/mol. The van der Waals surface area contributed by atoms with Gasteiger partial charge in [0.2, 0.25) is 5.91 Å². The molecule has 0 aliphatic rings. The van der Waals surface area contributed by atoms with E-state index in [1.54, 1.807) is 18.3 Å². The summed E-state index contributed by atoms with van der Waals surface area (Å²) in [6.45, 7) is 0. The molecule has 5 nitrogen and oxygen atoms in total. The second-order valence-electron chi connectivity index (χ2n) is 5.04. The molecule has 2 aromatic rings. The molecule has 2 rings (SSSR count). The van der Waals surface area contributed by atoms with Crippen molar-refractivity contribution in [2.75, 3.05) is 5.32 Å². The minimum absolute atomic E-state index is 0.283. The number of hydrogen-bond acceptors (Lipinski definition) is 3. The lowest BCUT2D eigenvalue weighted by atomic mass is 10.2. The van der Waals surface area contributed by atoms with Gasteiger partial charge in [0.25, 0.3) is 0 Å². The summed E-state index contributed by atoms with van der Waals surface area (Å²) in [5.41, 5.74) is 0.933. The molecule has 0 saturated carbocycles. The molecule has 0 bridgehead atoms. The molecule has 0 radical (unpaired) electrons. The van der Waals surface area contributed by atoms with E-state index in [0.29, 0.717) is 10.9 Å². The van der Waals surface area contributed by atoms with E-state index in [1.165, 1.54) is 6.08 Å². The van der Waals surface area contributed by atoms with Crippen molar-refractivity contribution in [3.63, 3.8) is 0 Å². The SMILES string of the molecule is O=C(/C=C/c1ccccc1)NC(NC(=S)Nc1ccccn1)C(Br)(Br)Br. The van der Waals surface area contributed by atoms with E-state index >= 15 is 0 Å². The molecule has 9 heteroatoms. The molecular weight excluding hydrogens is 548 g/mol. The molecule has 1 amide bonds. The van der Waals surface area contributed by atoms with Crippen LogP contribution in [0, 0.1) is 0 Å². The summed E-state index contributed by atoms with van der Waals surface area (Å²) in [5, 5.41) is 9.09. The van der Waals surface area contributed by atoms with Gasteiger partial charge >= 0.3 is 0 Å². The number of aromatic nitrogens is 1. The fraction of sp³-hybridized carbons (Fsp3) is 0.118. The largest absolute Gasteiger partial charge is 0.340 e. The van der Waals surface area contributed by atoms with E-state index in [9.17, 15) is 4.79 Å². The number of nitrogens with zero attached hydrogens (tertiary/aromatic N) is 1. The average Bonchev–Trinajstić information content (AvgIpc) is 2.60. The minimum Gasteiger partial charge on any atom is -0.340 e. The maximum Gasteiger partial charge on any atom is 0.245 e. The first-order valence-electron chi connectivity index (χ1n) is 7.43. The Labute approximate surface area is 182 Å². The van der Waals surface area contributed by atoms with Gasteiger partial charge in [-0.3, -0.25) is 4.79 Å². The summed E-state index contributed by atoms with van der Waals surface area (Å²) >= 11 is 15.5. The molecule has 0 aliphatic heterocycles. The van der Waals surface area contributed by atoms with Crippen molar-refractivity contribution >= 4 is 82.9 Å². The van der Waals surface area contributed by atoms with Crippen molar-refractivity contribution in [2.24, 2.45) is 0 Å². The van der Waals surface area contributed by atoms with E-state index in [1.807, 2.05) is 42.5 Å². The Kier molecular flexibility index (Phi) is 8.20. The van der Waals surface area contributed by atoms with E-state index in [0.717, 1.165) is 5.56 Å². The summed E-state index contributed by atoms with van der Waals surface area (Å²) in [6.07, 6.45) is 4.24. The molecule has 3 N–H and O–H groups in total. The van der Waals surface area contributed by atoms with Gasteiger partial charge in [-0.1, -0.05) is 84.2 Å². The first kappa shape index (κ1) is 21.0. The summed E-state index contributed by atoms with van der Waals surface area (Å²) in [4.78, 5) is 16.4. The molecule has 26 heavy (non-hydrogen) atoms. The van der Waals surface area contributed by atoms with E-state index < -0.39 is 8.31 Å². The Morgan fingerprint density at radius 1 is 1.08 bits per heavy atom. The topological polar surface area (TPSA) is 66.1 Å². The lowest BCUT2D eigenvalue weighted by Crippen LogP contribution is -2.55. The number of hydrogen-bond donors (Lipinski definition) is 3. The Balaban J connectivity index is 1.97. The maximum atomic E-state index is 12.2. The van der Waals surface area contributed by atoms with Crippen LogP contribution in [0.2, 0.25) is 0 Å². The number of benzene rings is 1. The molecule has 1 atom stereocenters. The molecule has 1 heterocycles. The highest BCUT2D eigenvalue weighted by atomic mass is 80.0. The molecule has 0 aliphatic carbocycles. The second-order valence-corrected chi connectivity index (χ2v) is 12.4. The number of rotatable bonds is 5. The Morgan fingerprint density at radius 2 is 1.77 bits per heavy atom. The van der Waals surface area contributed by atoms with Crippen LogP contribution < -0.4 is 16.0 Å². The summed E-state index contributed by atoms with van der Waals surface area (Å²) in [6, 6.07) is 15.0. The molecular formula is C17H15Br3N4OS. The van der Waals surface area contributed by atoms with Gasteiger partial charge in [0, 0.05) is 12.3 Å². The first-order chi connectivity index (χ1) is 12.3. The molecule has 0 fully saturated rings. The number of halogens is 3. The van der Waals surface area contributed by atoms with Gasteiger partial charge in [-0.15, -0.1) is 0 Å². The molecule has 0 spiro atoms. The monoisotopic (exact) mass is 560 g/mol. The number of amides is 1. The highest BCUT2D eigenvalue weighted by molar-refractivity contribution is 9.39. The highest BCUT2D eigenvalue weighted by Crippen LogP contribution is 2.36. The van der Waals surface area contributed by atoms with Crippen LogP contribution in [0.4, 0.5) is 5.82 Å². The van der Waals surface area contributed by atoms with Crippen LogP contribution >= 0.6 is 60.0 Å². The minimum atomic E-state index is -0.806. The van der Waals surface area contributed by atoms with E-state index in [-0.39, 0.29) is 5.91 Å². The standard InChI is InChI=1S/C17H15Br3N4OS/c18-17(19,20)15(24-16(26)22-13-8-4-5-11-21-13)23-14(25)10-9-12-6-2-1-3-7-12/h1-11,15H,(H,23,25)(H2,21,22,24,26)/b10-9+. The van der Waals surface area contributed by atoms with Gasteiger partial charge < -0.3 is 16.0 Å². The van der Waals surface area contributed by atoms with Gasteiger partial charge in [-0.2, -0.15) is 0 Å². The number of pyridine rings is 1. The number of anilines is 1.